The van der Waals surface area contributed by atoms with Crippen LogP contribution < -0.4 is 10.6 Å². The van der Waals surface area contributed by atoms with E-state index in [1.807, 2.05) is 13.0 Å². The van der Waals surface area contributed by atoms with E-state index in [9.17, 15) is 9.50 Å². The number of guanidine groups is 1. The third-order valence-corrected chi connectivity index (χ3v) is 3.58. The molecule has 0 spiro atoms. The van der Waals surface area contributed by atoms with Gasteiger partial charge in [-0.25, -0.2) is 9.38 Å². The number of nitrogens with zero attached hydrogens (tertiary/aromatic N) is 3. The molecule has 130 valence electrons. The molecule has 1 aromatic carbocycles. The van der Waals surface area contributed by atoms with Gasteiger partial charge < -0.3 is 15.7 Å². The van der Waals surface area contributed by atoms with Gasteiger partial charge in [-0.2, -0.15) is 5.10 Å². The molecule has 2 rings (SSSR count). The minimum atomic E-state index is -1.08. The topological polar surface area (TPSA) is 74.5 Å². The lowest BCUT2D eigenvalue weighted by atomic mass is 10.00. The Morgan fingerprint density at radius 1 is 1.42 bits per heavy atom. The molecule has 1 unspecified atom stereocenters. The van der Waals surface area contributed by atoms with Crippen molar-refractivity contribution in [3.63, 3.8) is 0 Å². The van der Waals surface area contributed by atoms with Crippen molar-refractivity contribution in [2.45, 2.75) is 26.0 Å². The van der Waals surface area contributed by atoms with Crippen molar-refractivity contribution in [1.29, 1.82) is 0 Å². The summed E-state index contributed by atoms with van der Waals surface area (Å²) < 4.78 is 14.9. The third kappa shape index (κ3) is 5.06. The van der Waals surface area contributed by atoms with Gasteiger partial charge in [0.1, 0.15) is 11.4 Å². The Morgan fingerprint density at radius 2 is 2.21 bits per heavy atom. The molecule has 3 N–H and O–H groups in total. The summed E-state index contributed by atoms with van der Waals surface area (Å²) in [5.74, 6) is 0.283. The second-order valence-corrected chi connectivity index (χ2v) is 5.86. The van der Waals surface area contributed by atoms with E-state index in [2.05, 4.69) is 20.7 Å². The van der Waals surface area contributed by atoms with Gasteiger partial charge in [0.15, 0.2) is 5.96 Å². The highest BCUT2D eigenvalue weighted by molar-refractivity contribution is 5.79. The Labute approximate surface area is 141 Å². The SMILES string of the molecule is CCNC(=NCc1cccc(F)c1)NCC(C)(O)c1cnn(C)c1. The maximum Gasteiger partial charge on any atom is 0.191 e. The summed E-state index contributed by atoms with van der Waals surface area (Å²) >= 11 is 0. The molecule has 0 aliphatic rings. The van der Waals surface area contributed by atoms with E-state index in [-0.39, 0.29) is 12.4 Å². The van der Waals surface area contributed by atoms with Crippen molar-refractivity contribution >= 4 is 5.96 Å². The number of nitrogens with one attached hydrogen (secondary N) is 2. The molecular weight excluding hydrogens is 309 g/mol. The fourth-order valence-corrected chi connectivity index (χ4v) is 2.20. The molecule has 0 aliphatic carbocycles. The summed E-state index contributed by atoms with van der Waals surface area (Å²) in [5.41, 5.74) is 0.424. The van der Waals surface area contributed by atoms with Gasteiger partial charge >= 0.3 is 0 Å². The first-order valence-corrected chi connectivity index (χ1v) is 7.89. The van der Waals surface area contributed by atoms with Crippen LogP contribution in [0.4, 0.5) is 4.39 Å². The molecule has 0 saturated heterocycles. The average molecular weight is 333 g/mol. The number of aliphatic imine (C=N–C) groups is 1. The number of aryl methyl sites for hydroxylation is 1. The van der Waals surface area contributed by atoms with E-state index in [1.165, 1.54) is 12.1 Å². The number of hydrogen-bond donors (Lipinski definition) is 3. The number of rotatable bonds is 6. The highest BCUT2D eigenvalue weighted by Gasteiger charge is 2.24. The van der Waals surface area contributed by atoms with E-state index < -0.39 is 5.60 Å². The summed E-state index contributed by atoms with van der Waals surface area (Å²) in [7, 11) is 1.80. The lowest BCUT2D eigenvalue weighted by Gasteiger charge is -2.23. The first-order chi connectivity index (χ1) is 11.4. The van der Waals surface area contributed by atoms with Gasteiger partial charge in [-0.1, -0.05) is 12.1 Å². The maximum atomic E-state index is 13.2. The van der Waals surface area contributed by atoms with Gasteiger partial charge in [-0.05, 0) is 31.5 Å². The summed E-state index contributed by atoms with van der Waals surface area (Å²) in [6.07, 6.45) is 3.41. The molecule has 0 radical (unpaired) electrons. The van der Waals surface area contributed by atoms with Crippen molar-refractivity contribution in [3.05, 3.63) is 53.6 Å². The van der Waals surface area contributed by atoms with Crippen molar-refractivity contribution < 1.29 is 9.50 Å². The largest absolute Gasteiger partial charge is 0.383 e. The van der Waals surface area contributed by atoms with Gasteiger partial charge in [0.25, 0.3) is 0 Å². The molecule has 2 aromatic rings. The summed E-state index contributed by atoms with van der Waals surface area (Å²) in [6, 6.07) is 6.34. The third-order valence-electron chi connectivity index (χ3n) is 3.58. The molecule has 0 saturated carbocycles. The fraction of sp³-hybridized carbons (Fsp3) is 0.412. The summed E-state index contributed by atoms with van der Waals surface area (Å²) in [6.45, 7) is 4.98. The van der Waals surface area contributed by atoms with Crippen LogP contribution in [0.3, 0.4) is 0 Å². The van der Waals surface area contributed by atoms with Crippen LogP contribution in [0.15, 0.2) is 41.7 Å². The Bertz CT molecular complexity index is 696. The second-order valence-electron chi connectivity index (χ2n) is 5.86. The van der Waals surface area contributed by atoms with E-state index >= 15 is 0 Å². The van der Waals surface area contributed by atoms with Gasteiger partial charge in [0, 0.05) is 25.4 Å². The second kappa shape index (κ2) is 7.92. The Hall–Kier alpha value is -2.41. The molecule has 1 heterocycles. The number of hydrogen-bond acceptors (Lipinski definition) is 3. The van der Waals surface area contributed by atoms with Crippen molar-refractivity contribution in [1.82, 2.24) is 20.4 Å². The van der Waals surface area contributed by atoms with E-state index in [4.69, 9.17) is 0 Å². The highest BCUT2D eigenvalue weighted by Crippen LogP contribution is 2.18. The monoisotopic (exact) mass is 333 g/mol. The van der Waals surface area contributed by atoms with Crippen LogP contribution in [-0.4, -0.2) is 33.9 Å². The van der Waals surface area contributed by atoms with Crippen molar-refractivity contribution in [3.8, 4) is 0 Å². The zero-order valence-electron chi connectivity index (χ0n) is 14.3. The quantitative estimate of drug-likeness (QED) is 0.553. The molecule has 6 nitrogen and oxygen atoms in total. The molecule has 0 fully saturated rings. The van der Waals surface area contributed by atoms with Gasteiger partial charge in [-0.3, -0.25) is 4.68 Å². The number of aliphatic hydroxyl groups is 1. The average Bonchev–Trinajstić information content (AvgIpc) is 2.98. The van der Waals surface area contributed by atoms with Gasteiger partial charge in [-0.15, -0.1) is 0 Å². The van der Waals surface area contributed by atoms with Crippen LogP contribution in [-0.2, 0) is 19.2 Å². The van der Waals surface area contributed by atoms with E-state index in [1.54, 1.807) is 37.1 Å². The van der Waals surface area contributed by atoms with Crippen LogP contribution in [0.5, 0.6) is 0 Å². The highest BCUT2D eigenvalue weighted by atomic mass is 19.1. The zero-order valence-corrected chi connectivity index (χ0v) is 14.3. The Kier molecular flexibility index (Phi) is 5.92. The standard InChI is InChI=1S/C17H24FN5O/c1-4-19-16(20-9-13-6-5-7-15(18)8-13)21-12-17(2,24)14-10-22-23(3)11-14/h5-8,10-11,24H,4,9,12H2,1-3H3,(H2,19,20,21). The predicted molar refractivity (Wildman–Crippen MR) is 92.0 cm³/mol. The summed E-state index contributed by atoms with van der Waals surface area (Å²) in [5, 5.41) is 20.9. The van der Waals surface area contributed by atoms with Crippen LogP contribution in [0.1, 0.15) is 25.0 Å². The molecule has 7 heteroatoms. The molecule has 24 heavy (non-hydrogen) atoms. The van der Waals surface area contributed by atoms with Crippen molar-refractivity contribution in [2.24, 2.45) is 12.0 Å². The summed E-state index contributed by atoms with van der Waals surface area (Å²) in [4.78, 5) is 4.42. The van der Waals surface area contributed by atoms with Gasteiger partial charge in [0.2, 0.25) is 0 Å². The molecule has 1 aromatic heterocycles. The zero-order chi connectivity index (χ0) is 17.6. The van der Waals surface area contributed by atoms with Crippen LogP contribution in [0.25, 0.3) is 0 Å². The maximum absolute atomic E-state index is 13.2. The van der Waals surface area contributed by atoms with Crippen LogP contribution in [0.2, 0.25) is 0 Å². The van der Waals surface area contributed by atoms with Gasteiger partial charge in [0.05, 0.1) is 19.3 Å². The molecular formula is C17H24FN5O. The number of benzene rings is 1. The lowest BCUT2D eigenvalue weighted by molar-refractivity contribution is 0.0616. The molecule has 0 bridgehead atoms. The van der Waals surface area contributed by atoms with E-state index in [0.717, 1.165) is 11.1 Å². The Morgan fingerprint density at radius 3 is 2.83 bits per heavy atom. The molecule has 1 atom stereocenters. The number of halogens is 1. The van der Waals surface area contributed by atoms with Crippen LogP contribution >= 0.6 is 0 Å². The first kappa shape index (κ1) is 17.9. The predicted octanol–water partition coefficient (Wildman–Crippen LogP) is 1.52. The minimum absolute atomic E-state index is 0.272. The Balaban J connectivity index is 2.01. The fourth-order valence-electron chi connectivity index (χ4n) is 2.20. The first-order valence-electron chi connectivity index (χ1n) is 7.89. The molecule has 0 amide bonds. The van der Waals surface area contributed by atoms with Crippen molar-refractivity contribution in [2.75, 3.05) is 13.1 Å². The minimum Gasteiger partial charge on any atom is -0.383 e. The van der Waals surface area contributed by atoms with Crippen LogP contribution in [0, 0.1) is 5.82 Å². The molecule has 0 aliphatic heterocycles. The number of aromatic nitrogens is 2. The lowest BCUT2D eigenvalue weighted by Crippen LogP contribution is -2.44. The normalized spacial score (nSPS) is 14.3. The smallest absolute Gasteiger partial charge is 0.191 e. The van der Waals surface area contributed by atoms with E-state index in [0.29, 0.717) is 19.0 Å².